The summed E-state index contributed by atoms with van der Waals surface area (Å²) in [6, 6.07) is 9.39. The van der Waals surface area contributed by atoms with Crippen LogP contribution in [0, 0.1) is 6.92 Å². The Morgan fingerprint density at radius 1 is 1.35 bits per heavy atom. The number of methoxy groups -OCH3 is 1. The van der Waals surface area contributed by atoms with E-state index in [9.17, 15) is 4.79 Å². The highest BCUT2D eigenvalue weighted by molar-refractivity contribution is 5.92. The first-order valence-electron chi connectivity index (χ1n) is 7.65. The standard InChI is InChI=1S/C17H24N4O2/c1-13-11-16(17(22)18-9-6-10-20(2)3)19-21(13)14-7-5-8-15(12-14)23-4/h5,7-8,11-12H,6,9-10H2,1-4H3,(H,18,22). The minimum atomic E-state index is -0.145. The average Bonchev–Trinajstić information content (AvgIpc) is 2.93. The van der Waals surface area contributed by atoms with E-state index in [0.29, 0.717) is 12.2 Å². The van der Waals surface area contributed by atoms with Crippen LogP contribution in [0.3, 0.4) is 0 Å². The molecule has 0 saturated carbocycles. The molecule has 0 bridgehead atoms. The number of carbonyl (C=O) groups excluding carboxylic acids is 1. The predicted octanol–water partition coefficient (Wildman–Crippen LogP) is 1.87. The maximum atomic E-state index is 12.2. The van der Waals surface area contributed by atoms with Crippen molar-refractivity contribution in [3.05, 3.63) is 41.7 Å². The van der Waals surface area contributed by atoms with Crippen molar-refractivity contribution in [3.63, 3.8) is 0 Å². The zero-order valence-corrected chi connectivity index (χ0v) is 14.2. The van der Waals surface area contributed by atoms with Gasteiger partial charge in [-0.1, -0.05) is 6.07 Å². The third-order valence-corrected chi connectivity index (χ3v) is 3.49. The zero-order valence-electron chi connectivity index (χ0n) is 14.2. The summed E-state index contributed by atoms with van der Waals surface area (Å²) in [6.07, 6.45) is 0.911. The first-order chi connectivity index (χ1) is 11.0. The Bertz CT molecular complexity index is 664. The number of aromatic nitrogens is 2. The Morgan fingerprint density at radius 3 is 2.83 bits per heavy atom. The number of aryl methyl sites for hydroxylation is 1. The molecule has 0 spiro atoms. The highest BCUT2D eigenvalue weighted by atomic mass is 16.5. The molecule has 23 heavy (non-hydrogen) atoms. The van der Waals surface area contributed by atoms with E-state index in [4.69, 9.17) is 4.74 Å². The topological polar surface area (TPSA) is 59.4 Å². The second-order valence-corrected chi connectivity index (χ2v) is 5.70. The molecule has 0 unspecified atom stereocenters. The minimum Gasteiger partial charge on any atom is -0.497 e. The molecule has 0 saturated heterocycles. The number of rotatable bonds is 7. The fraction of sp³-hybridized carbons (Fsp3) is 0.412. The number of amides is 1. The van der Waals surface area contributed by atoms with Gasteiger partial charge in [-0.3, -0.25) is 4.79 Å². The molecule has 0 atom stereocenters. The molecule has 0 fully saturated rings. The number of benzene rings is 1. The Morgan fingerprint density at radius 2 is 2.13 bits per heavy atom. The van der Waals surface area contributed by atoms with Crippen LogP contribution in [0.5, 0.6) is 5.75 Å². The smallest absolute Gasteiger partial charge is 0.271 e. The molecule has 1 amide bonds. The van der Waals surface area contributed by atoms with E-state index in [-0.39, 0.29) is 5.91 Å². The fourth-order valence-corrected chi connectivity index (χ4v) is 2.28. The number of hydrogen-bond donors (Lipinski definition) is 1. The van der Waals surface area contributed by atoms with E-state index in [1.54, 1.807) is 17.9 Å². The monoisotopic (exact) mass is 316 g/mol. The molecule has 2 aromatic rings. The van der Waals surface area contributed by atoms with Gasteiger partial charge in [0, 0.05) is 18.3 Å². The molecular weight excluding hydrogens is 292 g/mol. The van der Waals surface area contributed by atoms with E-state index in [1.165, 1.54) is 0 Å². The van der Waals surface area contributed by atoms with Crippen molar-refractivity contribution in [2.24, 2.45) is 0 Å². The largest absolute Gasteiger partial charge is 0.497 e. The van der Waals surface area contributed by atoms with Crippen LogP contribution in [-0.4, -0.2) is 54.9 Å². The van der Waals surface area contributed by atoms with E-state index >= 15 is 0 Å². The summed E-state index contributed by atoms with van der Waals surface area (Å²) in [5.41, 5.74) is 2.19. The molecule has 0 aliphatic heterocycles. The van der Waals surface area contributed by atoms with Crippen LogP contribution < -0.4 is 10.1 Å². The van der Waals surface area contributed by atoms with E-state index < -0.39 is 0 Å². The van der Waals surface area contributed by atoms with Crippen molar-refractivity contribution in [2.45, 2.75) is 13.3 Å². The van der Waals surface area contributed by atoms with Gasteiger partial charge in [0.15, 0.2) is 5.69 Å². The lowest BCUT2D eigenvalue weighted by Gasteiger charge is -2.09. The third kappa shape index (κ3) is 4.56. The van der Waals surface area contributed by atoms with Crippen molar-refractivity contribution in [2.75, 3.05) is 34.3 Å². The number of nitrogens with zero attached hydrogens (tertiary/aromatic N) is 3. The molecule has 0 aliphatic carbocycles. The summed E-state index contributed by atoms with van der Waals surface area (Å²) in [4.78, 5) is 14.3. The highest BCUT2D eigenvalue weighted by Crippen LogP contribution is 2.18. The number of ether oxygens (including phenoxy) is 1. The molecule has 6 nitrogen and oxygen atoms in total. The van der Waals surface area contributed by atoms with Crippen molar-refractivity contribution in [1.29, 1.82) is 0 Å². The van der Waals surface area contributed by atoms with Crippen LogP contribution in [0.15, 0.2) is 30.3 Å². The summed E-state index contributed by atoms with van der Waals surface area (Å²) in [5.74, 6) is 0.612. The van der Waals surface area contributed by atoms with Crippen molar-refractivity contribution in [3.8, 4) is 11.4 Å². The van der Waals surface area contributed by atoms with E-state index in [1.807, 2.05) is 45.3 Å². The Hall–Kier alpha value is -2.34. The molecule has 1 aromatic heterocycles. The second kappa shape index (κ2) is 7.78. The lowest BCUT2D eigenvalue weighted by Crippen LogP contribution is -2.27. The van der Waals surface area contributed by atoms with Crippen LogP contribution in [0.4, 0.5) is 0 Å². The molecule has 6 heteroatoms. The summed E-state index contributed by atoms with van der Waals surface area (Å²) >= 11 is 0. The molecule has 2 rings (SSSR count). The Balaban J connectivity index is 2.06. The maximum absolute atomic E-state index is 12.2. The van der Waals surface area contributed by atoms with Gasteiger partial charge in [-0.05, 0) is 52.2 Å². The van der Waals surface area contributed by atoms with Gasteiger partial charge < -0.3 is 15.0 Å². The van der Waals surface area contributed by atoms with E-state index in [2.05, 4.69) is 15.3 Å². The summed E-state index contributed by atoms with van der Waals surface area (Å²) < 4.78 is 6.98. The molecule has 1 heterocycles. The van der Waals surface area contributed by atoms with Gasteiger partial charge in [0.1, 0.15) is 5.75 Å². The normalized spacial score (nSPS) is 10.8. The van der Waals surface area contributed by atoms with Crippen LogP contribution in [0.1, 0.15) is 22.6 Å². The quantitative estimate of drug-likeness (QED) is 0.792. The van der Waals surface area contributed by atoms with Crippen LogP contribution in [0.25, 0.3) is 5.69 Å². The number of carbonyl (C=O) groups is 1. The van der Waals surface area contributed by atoms with Gasteiger partial charge >= 0.3 is 0 Å². The van der Waals surface area contributed by atoms with E-state index in [0.717, 1.165) is 30.1 Å². The van der Waals surface area contributed by atoms with Crippen LogP contribution in [-0.2, 0) is 0 Å². The molecule has 124 valence electrons. The SMILES string of the molecule is COc1cccc(-n2nc(C(=O)NCCCN(C)C)cc2C)c1. The van der Waals surface area contributed by atoms with Gasteiger partial charge in [0.2, 0.25) is 0 Å². The maximum Gasteiger partial charge on any atom is 0.271 e. The molecular formula is C17H24N4O2. The first-order valence-corrected chi connectivity index (χ1v) is 7.65. The average molecular weight is 316 g/mol. The van der Waals surface area contributed by atoms with Gasteiger partial charge in [-0.25, -0.2) is 4.68 Å². The molecule has 1 aromatic carbocycles. The third-order valence-electron chi connectivity index (χ3n) is 3.49. The van der Waals surface area contributed by atoms with Crippen LogP contribution in [0.2, 0.25) is 0 Å². The van der Waals surface area contributed by atoms with Gasteiger partial charge in [0.05, 0.1) is 12.8 Å². The minimum absolute atomic E-state index is 0.145. The van der Waals surface area contributed by atoms with Crippen molar-refractivity contribution in [1.82, 2.24) is 20.0 Å². The number of hydrogen-bond acceptors (Lipinski definition) is 4. The van der Waals surface area contributed by atoms with Crippen molar-refractivity contribution >= 4 is 5.91 Å². The van der Waals surface area contributed by atoms with Gasteiger partial charge in [-0.2, -0.15) is 5.10 Å². The summed E-state index contributed by atoms with van der Waals surface area (Å²) in [7, 11) is 5.66. The zero-order chi connectivity index (χ0) is 16.8. The second-order valence-electron chi connectivity index (χ2n) is 5.70. The van der Waals surface area contributed by atoms with Crippen molar-refractivity contribution < 1.29 is 9.53 Å². The molecule has 0 radical (unpaired) electrons. The predicted molar refractivity (Wildman–Crippen MR) is 90.4 cm³/mol. The summed E-state index contributed by atoms with van der Waals surface area (Å²) in [6.45, 7) is 3.51. The molecule has 0 aliphatic rings. The highest BCUT2D eigenvalue weighted by Gasteiger charge is 2.13. The Labute approximate surface area is 137 Å². The fourth-order valence-electron chi connectivity index (χ4n) is 2.28. The Kier molecular flexibility index (Phi) is 5.76. The lowest BCUT2D eigenvalue weighted by atomic mass is 10.3. The van der Waals surface area contributed by atoms with Gasteiger partial charge in [-0.15, -0.1) is 0 Å². The summed E-state index contributed by atoms with van der Waals surface area (Å²) in [5, 5.41) is 7.31. The number of nitrogens with one attached hydrogen (secondary N) is 1. The lowest BCUT2D eigenvalue weighted by molar-refractivity contribution is 0.0947. The first kappa shape index (κ1) is 17.0. The van der Waals surface area contributed by atoms with Gasteiger partial charge in [0.25, 0.3) is 5.91 Å². The molecule has 1 N–H and O–H groups in total. The van der Waals surface area contributed by atoms with Crippen LogP contribution >= 0.6 is 0 Å².